The maximum absolute atomic E-state index is 11.6. The number of anilines is 1. The number of aromatic nitrogens is 2. The van der Waals surface area contributed by atoms with Crippen LogP contribution in [0.25, 0.3) is 5.65 Å². The zero-order valence-corrected chi connectivity index (χ0v) is 11.5. The van der Waals surface area contributed by atoms with Crippen LogP contribution in [0.5, 0.6) is 0 Å². The molecule has 5 nitrogen and oxygen atoms in total. The lowest BCUT2D eigenvalue weighted by Gasteiger charge is -2.07. The first kappa shape index (κ1) is 11.5. The Balaban J connectivity index is 1.83. The monoisotopic (exact) mass is 308 g/mol. The van der Waals surface area contributed by atoms with Crippen molar-refractivity contribution in [1.29, 1.82) is 0 Å². The molecule has 18 heavy (non-hydrogen) atoms. The van der Waals surface area contributed by atoms with Crippen LogP contribution < -0.4 is 10.6 Å². The maximum atomic E-state index is 11.6. The number of fused-ring (bicyclic) bond motifs is 1. The number of carbonyl (C=O) groups is 1. The van der Waals surface area contributed by atoms with Crippen LogP contribution in [0.3, 0.4) is 0 Å². The number of nitrogens with zero attached hydrogens (tertiary/aromatic N) is 2. The minimum Gasteiger partial charge on any atom is -0.335 e. The maximum Gasteiger partial charge on any atom is 0.319 e. The molecule has 0 unspecified atom stereocenters. The Bertz CT molecular complexity index is 618. The standard InChI is InChI=1S/C12H13BrN4O/c1-7-11(13)16-10-5-4-9(6-17(7)10)15-12(18)14-8-2-3-8/h4-6,8H,2-3H2,1H3,(H2,14,15,18). The number of urea groups is 1. The molecule has 2 amide bonds. The fraction of sp³-hybridized carbons (Fsp3) is 0.333. The van der Waals surface area contributed by atoms with E-state index in [2.05, 4.69) is 31.5 Å². The largest absolute Gasteiger partial charge is 0.335 e. The second-order valence-electron chi connectivity index (χ2n) is 4.51. The molecule has 0 aromatic carbocycles. The van der Waals surface area contributed by atoms with Crippen LogP contribution in [0.4, 0.5) is 10.5 Å². The van der Waals surface area contributed by atoms with Crippen molar-refractivity contribution in [3.63, 3.8) is 0 Å². The van der Waals surface area contributed by atoms with Crippen molar-refractivity contribution in [2.24, 2.45) is 0 Å². The lowest BCUT2D eigenvalue weighted by molar-refractivity contribution is 0.251. The van der Waals surface area contributed by atoms with Crippen molar-refractivity contribution < 1.29 is 4.79 Å². The van der Waals surface area contributed by atoms with Gasteiger partial charge in [0, 0.05) is 12.2 Å². The summed E-state index contributed by atoms with van der Waals surface area (Å²) in [6.45, 7) is 1.97. The number of pyridine rings is 1. The summed E-state index contributed by atoms with van der Waals surface area (Å²) in [5, 5.41) is 5.71. The number of nitrogens with one attached hydrogen (secondary N) is 2. The second-order valence-corrected chi connectivity index (χ2v) is 5.26. The molecule has 0 atom stereocenters. The predicted molar refractivity (Wildman–Crippen MR) is 72.8 cm³/mol. The van der Waals surface area contributed by atoms with Gasteiger partial charge in [0.25, 0.3) is 0 Å². The van der Waals surface area contributed by atoms with E-state index >= 15 is 0 Å². The highest BCUT2D eigenvalue weighted by Crippen LogP contribution is 2.21. The van der Waals surface area contributed by atoms with Gasteiger partial charge in [0.15, 0.2) is 0 Å². The van der Waals surface area contributed by atoms with Gasteiger partial charge < -0.3 is 15.0 Å². The molecule has 0 spiro atoms. The number of aryl methyl sites for hydroxylation is 1. The minimum absolute atomic E-state index is 0.145. The summed E-state index contributed by atoms with van der Waals surface area (Å²) in [4.78, 5) is 16.0. The van der Waals surface area contributed by atoms with Crippen molar-refractivity contribution in [2.75, 3.05) is 5.32 Å². The van der Waals surface area contributed by atoms with E-state index in [1.54, 1.807) is 0 Å². The Labute approximate surface area is 113 Å². The summed E-state index contributed by atoms with van der Waals surface area (Å²) in [6.07, 6.45) is 4.04. The Kier molecular flexibility index (Phi) is 2.74. The normalized spacial score (nSPS) is 14.8. The molecule has 1 aliphatic rings. The van der Waals surface area contributed by atoms with Crippen molar-refractivity contribution in [1.82, 2.24) is 14.7 Å². The number of halogens is 1. The number of imidazole rings is 1. The van der Waals surface area contributed by atoms with E-state index in [-0.39, 0.29) is 6.03 Å². The third kappa shape index (κ3) is 2.20. The van der Waals surface area contributed by atoms with Crippen LogP contribution in [-0.2, 0) is 0 Å². The number of rotatable bonds is 2. The van der Waals surface area contributed by atoms with Crippen LogP contribution in [0, 0.1) is 6.92 Å². The summed E-state index contributed by atoms with van der Waals surface area (Å²) in [6, 6.07) is 3.94. The molecule has 2 heterocycles. The van der Waals surface area contributed by atoms with E-state index < -0.39 is 0 Å². The fourth-order valence-electron chi connectivity index (χ4n) is 1.79. The topological polar surface area (TPSA) is 58.4 Å². The van der Waals surface area contributed by atoms with E-state index in [9.17, 15) is 4.79 Å². The first-order valence-electron chi connectivity index (χ1n) is 5.85. The molecule has 0 saturated heterocycles. The van der Waals surface area contributed by atoms with Gasteiger partial charge in [0.2, 0.25) is 0 Å². The Hall–Kier alpha value is -1.56. The van der Waals surface area contributed by atoms with E-state index in [0.29, 0.717) is 6.04 Å². The summed E-state index contributed by atoms with van der Waals surface area (Å²) in [5.74, 6) is 0. The molecule has 0 radical (unpaired) electrons. The Morgan fingerprint density at radius 1 is 1.50 bits per heavy atom. The lowest BCUT2D eigenvalue weighted by atomic mass is 10.4. The predicted octanol–water partition coefficient (Wildman–Crippen LogP) is 2.69. The van der Waals surface area contributed by atoms with Crippen LogP contribution in [0.15, 0.2) is 22.9 Å². The first-order chi connectivity index (χ1) is 8.63. The third-order valence-electron chi connectivity index (χ3n) is 2.97. The zero-order valence-electron chi connectivity index (χ0n) is 9.90. The van der Waals surface area contributed by atoms with E-state index in [1.807, 2.05) is 29.7 Å². The molecule has 1 fully saturated rings. The smallest absolute Gasteiger partial charge is 0.319 e. The highest BCUT2D eigenvalue weighted by molar-refractivity contribution is 9.10. The van der Waals surface area contributed by atoms with Crippen LogP contribution >= 0.6 is 15.9 Å². The fourth-order valence-corrected chi connectivity index (χ4v) is 2.16. The molecular weight excluding hydrogens is 296 g/mol. The minimum atomic E-state index is -0.145. The Morgan fingerprint density at radius 2 is 2.28 bits per heavy atom. The number of amides is 2. The van der Waals surface area contributed by atoms with Gasteiger partial charge in [-0.2, -0.15) is 0 Å². The van der Waals surface area contributed by atoms with Gasteiger partial charge in [-0.1, -0.05) is 0 Å². The van der Waals surface area contributed by atoms with Crippen LogP contribution in [0.2, 0.25) is 0 Å². The number of hydrogen-bond donors (Lipinski definition) is 2. The summed E-state index contributed by atoms with van der Waals surface area (Å²) in [5.41, 5.74) is 2.62. The van der Waals surface area contributed by atoms with E-state index in [4.69, 9.17) is 0 Å². The van der Waals surface area contributed by atoms with Gasteiger partial charge in [0.1, 0.15) is 10.3 Å². The molecule has 1 saturated carbocycles. The van der Waals surface area contributed by atoms with Crippen LogP contribution in [-0.4, -0.2) is 21.5 Å². The van der Waals surface area contributed by atoms with Crippen molar-refractivity contribution in [2.45, 2.75) is 25.8 Å². The molecule has 6 heteroatoms. The highest BCUT2D eigenvalue weighted by Gasteiger charge is 2.23. The van der Waals surface area contributed by atoms with Gasteiger partial charge >= 0.3 is 6.03 Å². The SMILES string of the molecule is Cc1c(Br)nc2ccc(NC(=O)NC3CC3)cn12. The van der Waals surface area contributed by atoms with Gasteiger partial charge in [-0.05, 0) is 47.8 Å². The molecule has 2 aromatic heterocycles. The molecular formula is C12H13BrN4O. The quantitative estimate of drug-likeness (QED) is 0.896. The van der Waals surface area contributed by atoms with Gasteiger partial charge in [-0.3, -0.25) is 0 Å². The first-order valence-corrected chi connectivity index (χ1v) is 6.64. The highest BCUT2D eigenvalue weighted by atomic mass is 79.9. The second kappa shape index (κ2) is 4.28. The molecule has 0 bridgehead atoms. The van der Waals surface area contributed by atoms with Crippen molar-refractivity contribution in [3.8, 4) is 0 Å². The van der Waals surface area contributed by atoms with Crippen LogP contribution in [0.1, 0.15) is 18.5 Å². The summed E-state index contributed by atoms with van der Waals surface area (Å²) >= 11 is 3.39. The number of carbonyl (C=O) groups excluding carboxylic acids is 1. The van der Waals surface area contributed by atoms with Crippen molar-refractivity contribution >= 4 is 33.3 Å². The Morgan fingerprint density at radius 3 is 3.00 bits per heavy atom. The molecule has 0 aliphatic heterocycles. The third-order valence-corrected chi connectivity index (χ3v) is 3.72. The molecule has 3 rings (SSSR count). The molecule has 1 aliphatic carbocycles. The molecule has 94 valence electrons. The van der Waals surface area contributed by atoms with E-state index in [0.717, 1.165) is 34.5 Å². The van der Waals surface area contributed by atoms with Gasteiger partial charge in [0.05, 0.1) is 11.4 Å². The van der Waals surface area contributed by atoms with E-state index in [1.165, 1.54) is 0 Å². The average Bonchev–Trinajstić information content (AvgIpc) is 3.09. The average molecular weight is 309 g/mol. The van der Waals surface area contributed by atoms with Gasteiger partial charge in [-0.15, -0.1) is 0 Å². The molecule has 2 aromatic rings. The van der Waals surface area contributed by atoms with Gasteiger partial charge in [-0.25, -0.2) is 9.78 Å². The summed E-state index contributed by atoms with van der Waals surface area (Å²) in [7, 11) is 0. The summed E-state index contributed by atoms with van der Waals surface area (Å²) < 4.78 is 2.76. The zero-order chi connectivity index (χ0) is 12.7. The van der Waals surface area contributed by atoms with Crippen molar-refractivity contribution in [3.05, 3.63) is 28.6 Å². The number of hydrogen-bond acceptors (Lipinski definition) is 2. The lowest BCUT2D eigenvalue weighted by Crippen LogP contribution is -2.30. The molecule has 2 N–H and O–H groups in total.